The Labute approximate surface area is 101 Å². The van der Waals surface area contributed by atoms with Crippen LogP contribution in [0.1, 0.15) is 29.2 Å². The molecule has 1 aromatic rings. The van der Waals surface area contributed by atoms with E-state index in [1.165, 1.54) is 0 Å². The van der Waals surface area contributed by atoms with Crippen molar-refractivity contribution in [3.8, 4) is 0 Å². The van der Waals surface area contributed by atoms with Crippen molar-refractivity contribution in [2.75, 3.05) is 13.7 Å². The number of hydrogen-bond acceptors (Lipinski definition) is 4. The second kappa shape index (κ2) is 6.30. The average Bonchev–Trinajstić information content (AvgIpc) is 2.24. The molecule has 0 aliphatic heterocycles. The molecule has 0 radical (unpaired) electrons. The molecule has 0 aliphatic rings. The molecule has 1 aromatic heterocycles. The summed E-state index contributed by atoms with van der Waals surface area (Å²) in [4.78, 5) is 19.4. The summed E-state index contributed by atoms with van der Waals surface area (Å²) in [5, 5.41) is 8.79. The second-order valence-corrected chi connectivity index (χ2v) is 3.96. The topological polar surface area (TPSA) is 72.3 Å². The number of rotatable bonds is 6. The van der Waals surface area contributed by atoms with E-state index in [0.717, 1.165) is 30.1 Å². The van der Waals surface area contributed by atoms with E-state index in [1.54, 1.807) is 7.11 Å². The standard InChI is InChI=1S/C12H18N2O3/c1-8-10(7-12(15)16)9(2)14-11(13-8)5-4-6-17-3/h4-7H2,1-3H3,(H,15,16). The van der Waals surface area contributed by atoms with Crippen molar-refractivity contribution >= 4 is 5.97 Å². The zero-order valence-corrected chi connectivity index (χ0v) is 10.5. The number of carboxylic acid groups (broad SMARTS) is 1. The van der Waals surface area contributed by atoms with Gasteiger partial charge in [-0.15, -0.1) is 0 Å². The largest absolute Gasteiger partial charge is 0.481 e. The van der Waals surface area contributed by atoms with Gasteiger partial charge in [0.1, 0.15) is 5.82 Å². The Hall–Kier alpha value is -1.49. The SMILES string of the molecule is COCCCc1nc(C)c(CC(=O)O)c(C)n1. The van der Waals surface area contributed by atoms with Crippen molar-refractivity contribution in [2.24, 2.45) is 0 Å². The van der Waals surface area contributed by atoms with E-state index < -0.39 is 5.97 Å². The Balaban J connectivity index is 2.81. The van der Waals surface area contributed by atoms with Crippen LogP contribution in [0, 0.1) is 13.8 Å². The van der Waals surface area contributed by atoms with E-state index in [4.69, 9.17) is 9.84 Å². The van der Waals surface area contributed by atoms with Crippen molar-refractivity contribution in [1.82, 2.24) is 9.97 Å². The molecular formula is C12H18N2O3. The monoisotopic (exact) mass is 238 g/mol. The van der Waals surface area contributed by atoms with Crippen LogP contribution in [-0.2, 0) is 22.4 Å². The van der Waals surface area contributed by atoms with Crippen molar-refractivity contribution < 1.29 is 14.6 Å². The zero-order chi connectivity index (χ0) is 12.8. The van der Waals surface area contributed by atoms with Crippen LogP contribution in [0.2, 0.25) is 0 Å². The molecular weight excluding hydrogens is 220 g/mol. The first kappa shape index (κ1) is 13.6. The van der Waals surface area contributed by atoms with Gasteiger partial charge in [0.15, 0.2) is 0 Å². The van der Waals surface area contributed by atoms with Crippen molar-refractivity contribution in [3.63, 3.8) is 0 Å². The number of methoxy groups -OCH3 is 1. The van der Waals surface area contributed by atoms with Crippen molar-refractivity contribution in [1.29, 1.82) is 0 Å². The number of ether oxygens (including phenoxy) is 1. The van der Waals surface area contributed by atoms with Crippen LogP contribution >= 0.6 is 0 Å². The van der Waals surface area contributed by atoms with Crippen LogP contribution in [0.25, 0.3) is 0 Å². The lowest BCUT2D eigenvalue weighted by molar-refractivity contribution is -0.136. The van der Waals surface area contributed by atoms with Crippen LogP contribution in [0.5, 0.6) is 0 Å². The van der Waals surface area contributed by atoms with Gasteiger partial charge in [-0.25, -0.2) is 9.97 Å². The summed E-state index contributed by atoms with van der Waals surface area (Å²) in [7, 11) is 1.66. The predicted octanol–water partition coefficient (Wildman–Crippen LogP) is 1.30. The highest BCUT2D eigenvalue weighted by molar-refractivity contribution is 5.70. The Morgan fingerprint density at radius 2 is 1.88 bits per heavy atom. The number of aromatic nitrogens is 2. The molecule has 0 aromatic carbocycles. The number of hydrogen-bond donors (Lipinski definition) is 1. The smallest absolute Gasteiger partial charge is 0.307 e. The first-order chi connectivity index (χ1) is 8.04. The lowest BCUT2D eigenvalue weighted by Gasteiger charge is -2.09. The predicted molar refractivity (Wildman–Crippen MR) is 63.0 cm³/mol. The maximum atomic E-state index is 10.7. The van der Waals surface area contributed by atoms with Gasteiger partial charge in [0, 0.05) is 37.1 Å². The summed E-state index contributed by atoms with van der Waals surface area (Å²) >= 11 is 0. The number of aliphatic carboxylic acids is 1. The molecule has 0 saturated carbocycles. The second-order valence-electron chi connectivity index (χ2n) is 3.96. The highest BCUT2D eigenvalue weighted by Gasteiger charge is 2.11. The molecule has 0 aliphatic carbocycles. The lowest BCUT2D eigenvalue weighted by atomic mass is 10.1. The Morgan fingerprint density at radius 3 is 2.35 bits per heavy atom. The normalized spacial score (nSPS) is 10.5. The van der Waals surface area contributed by atoms with Gasteiger partial charge in [-0.2, -0.15) is 0 Å². The first-order valence-electron chi connectivity index (χ1n) is 5.58. The highest BCUT2D eigenvalue weighted by atomic mass is 16.5. The zero-order valence-electron chi connectivity index (χ0n) is 10.5. The summed E-state index contributed by atoms with van der Waals surface area (Å²) < 4.78 is 4.97. The number of aryl methyl sites for hydroxylation is 3. The van der Waals surface area contributed by atoms with E-state index in [2.05, 4.69) is 9.97 Å². The lowest BCUT2D eigenvalue weighted by Crippen LogP contribution is -2.10. The summed E-state index contributed by atoms with van der Waals surface area (Å²) in [6.45, 7) is 4.33. The van der Waals surface area contributed by atoms with Crippen LogP contribution in [0.4, 0.5) is 0 Å². The Bertz CT molecular complexity index is 382. The molecule has 0 amide bonds. The molecule has 1 N–H and O–H groups in total. The Kier molecular flexibility index (Phi) is 5.03. The molecule has 1 rings (SSSR count). The first-order valence-corrected chi connectivity index (χ1v) is 5.58. The van der Waals surface area contributed by atoms with Gasteiger partial charge >= 0.3 is 5.97 Å². The minimum atomic E-state index is -0.855. The fraction of sp³-hybridized carbons (Fsp3) is 0.583. The molecule has 0 saturated heterocycles. The molecule has 94 valence electrons. The van der Waals surface area contributed by atoms with E-state index in [9.17, 15) is 4.79 Å². The molecule has 5 nitrogen and oxygen atoms in total. The van der Waals surface area contributed by atoms with E-state index in [-0.39, 0.29) is 6.42 Å². The third-order valence-corrected chi connectivity index (χ3v) is 2.54. The molecule has 0 atom stereocenters. The molecule has 0 fully saturated rings. The van der Waals surface area contributed by atoms with Gasteiger partial charge in [-0.3, -0.25) is 4.79 Å². The van der Waals surface area contributed by atoms with Gasteiger partial charge in [-0.05, 0) is 20.3 Å². The van der Waals surface area contributed by atoms with Crippen LogP contribution < -0.4 is 0 Å². The van der Waals surface area contributed by atoms with Gasteiger partial charge < -0.3 is 9.84 Å². The fourth-order valence-electron chi connectivity index (χ4n) is 1.70. The number of carboxylic acids is 1. The quantitative estimate of drug-likeness (QED) is 0.756. The van der Waals surface area contributed by atoms with Crippen LogP contribution in [0.3, 0.4) is 0 Å². The number of nitrogens with zero attached hydrogens (tertiary/aromatic N) is 2. The van der Waals surface area contributed by atoms with E-state index in [0.29, 0.717) is 12.2 Å². The van der Waals surface area contributed by atoms with Crippen LogP contribution in [0.15, 0.2) is 0 Å². The minimum absolute atomic E-state index is 0.0178. The van der Waals surface area contributed by atoms with Crippen LogP contribution in [-0.4, -0.2) is 34.8 Å². The third kappa shape index (κ3) is 4.11. The van der Waals surface area contributed by atoms with E-state index in [1.807, 2.05) is 13.8 Å². The molecule has 0 unspecified atom stereocenters. The van der Waals surface area contributed by atoms with E-state index >= 15 is 0 Å². The van der Waals surface area contributed by atoms with Crippen molar-refractivity contribution in [3.05, 3.63) is 22.8 Å². The van der Waals surface area contributed by atoms with Gasteiger partial charge in [0.2, 0.25) is 0 Å². The Morgan fingerprint density at radius 1 is 1.29 bits per heavy atom. The third-order valence-electron chi connectivity index (χ3n) is 2.54. The average molecular weight is 238 g/mol. The molecule has 17 heavy (non-hydrogen) atoms. The van der Waals surface area contributed by atoms with Gasteiger partial charge in [0.05, 0.1) is 6.42 Å². The highest BCUT2D eigenvalue weighted by Crippen LogP contribution is 2.12. The maximum Gasteiger partial charge on any atom is 0.307 e. The summed E-state index contributed by atoms with van der Waals surface area (Å²) in [5.41, 5.74) is 2.23. The van der Waals surface area contributed by atoms with Gasteiger partial charge in [0.25, 0.3) is 0 Å². The summed E-state index contributed by atoms with van der Waals surface area (Å²) in [5.74, 6) is -0.0990. The minimum Gasteiger partial charge on any atom is -0.481 e. The molecule has 0 spiro atoms. The molecule has 0 bridgehead atoms. The van der Waals surface area contributed by atoms with Gasteiger partial charge in [-0.1, -0.05) is 0 Å². The maximum absolute atomic E-state index is 10.7. The molecule has 5 heteroatoms. The molecule has 1 heterocycles. The fourth-order valence-corrected chi connectivity index (χ4v) is 1.70. The summed E-state index contributed by atoms with van der Waals surface area (Å²) in [6, 6.07) is 0. The number of carbonyl (C=O) groups is 1. The summed E-state index contributed by atoms with van der Waals surface area (Å²) in [6.07, 6.45) is 1.60. The van der Waals surface area contributed by atoms with Crippen molar-refractivity contribution in [2.45, 2.75) is 33.1 Å².